The number of nitrogen functional groups attached to an aromatic ring is 1. The Morgan fingerprint density at radius 3 is 3.11 bits per heavy atom. The highest BCUT2D eigenvalue weighted by atomic mass is 32.2. The Morgan fingerprint density at radius 2 is 2.42 bits per heavy atom. The van der Waals surface area contributed by atoms with Gasteiger partial charge in [0, 0.05) is 17.2 Å². The molecule has 2 rings (SSSR count). The number of hydrogen-bond donors (Lipinski definition) is 2. The molecule has 0 aliphatic heterocycles. The third kappa shape index (κ3) is 3.16. The number of fused-ring (bicyclic) bond motifs is 1. The van der Waals surface area contributed by atoms with Gasteiger partial charge in [-0.1, -0.05) is 6.92 Å². The normalized spacial score (nSPS) is 12.5. The first kappa shape index (κ1) is 14.1. The number of anilines is 1. The van der Waals surface area contributed by atoms with Crippen LogP contribution in [0.5, 0.6) is 0 Å². The van der Waals surface area contributed by atoms with Gasteiger partial charge in [-0.25, -0.2) is 0 Å². The summed E-state index contributed by atoms with van der Waals surface area (Å²) in [5.74, 6) is 1.80. The number of carbonyl (C=O) groups is 1. The second-order valence-corrected chi connectivity index (χ2v) is 6.45. The van der Waals surface area contributed by atoms with Crippen LogP contribution in [0.3, 0.4) is 0 Å². The van der Waals surface area contributed by atoms with Gasteiger partial charge in [0.15, 0.2) is 0 Å². The summed E-state index contributed by atoms with van der Waals surface area (Å²) in [5, 5.41) is 11.5. The van der Waals surface area contributed by atoms with E-state index in [0.29, 0.717) is 15.4 Å². The predicted octanol–water partition coefficient (Wildman–Crippen LogP) is 2.14. The molecule has 1 unspecified atom stereocenters. The Kier molecular flexibility index (Phi) is 4.60. The Hall–Kier alpha value is -1.34. The highest BCUT2D eigenvalue weighted by molar-refractivity contribution is 7.99. The summed E-state index contributed by atoms with van der Waals surface area (Å²) in [6, 6.07) is 1.90. The molecule has 0 bridgehead atoms. The van der Waals surface area contributed by atoms with Gasteiger partial charge in [-0.2, -0.15) is 16.9 Å². The van der Waals surface area contributed by atoms with Crippen LogP contribution in [0.1, 0.15) is 23.5 Å². The number of thiophene rings is 1. The molecule has 3 N–H and O–H groups in total. The number of thioether (sulfide) groups is 1. The highest BCUT2D eigenvalue weighted by Crippen LogP contribution is 2.31. The average Bonchev–Trinajstić information content (AvgIpc) is 2.74. The van der Waals surface area contributed by atoms with Crippen molar-refractivity contribution in [3.8, 4) is 0 Å². The second kappa shape index (κ2) is 6.21. The molecule has 0 aliphatic rings. The summed E-state index contributed by atoms with van der Waals surface area (Å²) in [6.07, 6.45) is 1.58. The van der Waals surface area contributed by atoms with Crippen molar-refractivity contribution in [2.45, 2.75) is 19.9 Å². The smallest absolute Gasteiger partial charge is 0.263 e. The molecule has 1 atom stereocenters. The Bertz CT molecular complexity index is 584. The molecule has 19 heavy (non-hydrogen) atoms. The number of nitrogens with zero attached hydrogens (tertiary/aromatic N) is 2. The fourth-order valence-corrected chi connectivity index (χ4v) is 3.28. The Balaban J connectivity index is 2.15. The van der Waals surface area contributed by atoms with Gasteiger partial charge in [0.2, 0.25) is 0 Å². The monoisotopic (exact) mass is 296 g/mol. The molecule has 0 aromatic carbocycles. The summed E-state index contributed by atoms with van der Waals surface area (Å²) < 4.78 is 0. The fourth-order valence-electron chi connectivity index (χ4n) is 1.67. The lowest BCUT2D eigenvalue weighted by Crippen LogP contribution is -2.34. The molecule has 0 spiro atoms. The minimum Gasteiger partial charge on any atom is -0.397 e. The molecule has 0 saturated carbocycles. The van der Waals surface area contributed by atoms with Crippen LogP contribution in [-0.4, -0.2) is 33.7 Å². The first-order chi connectivity index (χ1) is 9.13. The molecular weight excluding hydrogens is 280 g/mol. The van der Waals surface area contributed by atoms with Crippen LogP contribution in [0.2, 0.25) is 0 Å². The average molecular weight is 296 g/mol. The molecule has 0 saturated heterocycles. The largest absolute Gasteiger partial charge is 0.397 e. The first-order valence-electron chi connectivity index (χ1n) is 6.01. The van der Waals surface area contributed by atoms with Crippen LogP contribution in [0.25, 0.3) is 10.2 Å². The van der Waals surface area contributed by atoms with Crippen LogP contribution in [0, 0.1) is 0 Å². The molecule has 0 radical (unpaired) electrons. The lowest BCUT2D eigenvalue weighted by Gasteiger charge is -2.12. The number of aromatic nitrogens is 2. The van der Waals surface area contributed by atoms with Crippen molar-refractivity contribution in [2.75, 3.05) is 17.2 Å². The molecule has 1 amide bonds. The van der Waals surface area contributed by atoms with Gasteiger partial charge in [-0.15, -0.1) is 16.4 Å². The highest BCUT2D eigenvalue weighted by Gasteiger charge is 2.18. The van der Waals surface area contributed by atoms with Crippen LogP contribution >= 0.6 is 23.1 Å². The minimum atomic E-state index is -0.135. The van der Waals surface area contributed by atoms with Crippen LogP contribution in [0.4, 0.5) is 5.69 Å². The van der Waals surface area contributed by atoms with Crippen molar-refractivity contribution in [3.05, 3.63) is 17.1 Å². The van der Waals surface area contributed by atoms with Gasteiger partial charge in [0.25, 0.3) is 5.91 Å². The number of nitrogens with one attached hydrogen (secondary N) is 1. The van der Waals surface area contributed by atoms with E-state index in [0.717, 1.165) is 16.9 Å². The zero-order valence-electron chi connectivity index (χ0n) is 10.8. The van der Waals surface area contributed by atoms with Gasteiger partial charge < -0.3 is 11.1 Å². The SMILES string of the molecule is CCSCC(C)NC(=O)c1sc2nnccc2c1N. The molecule has 0 aliphatic carbocycles. The van der Waals surface area contributed by atoms with Crippen molar-refractivity contribution in [1.82, 2.24) is 15.5 Å². The number of nitrogens with two attached hydrogens (primary N) is 1. The maximum Gasteiger partial charge on any atom is 0.263 e. The second-order valence-electron chi connectivity index (χ2n) is 4.13. The fraction of sp³-hybridized carbons (Fsp3) is 0.417. The molecule has 2 heterocycles. The van der Waals surface area contributed by atoms with Crippen LogP contribution in [-0.2, 0) is 0 Å². The lowest BCUT2D eigenvalue weighted by atomic mass is 10.2. The summed E-state index contributed by atoms with van der Waals surface area (Å²) in [5.41, 5.74) is 6.48. The molecule has 2 aromatic rings. The third-order valence-electron chi connectivity index (χ3n) is 2.58. The number of rotatable bonds is 5. The van der Waals surface area contributed by atoms with Crippen molar-refractivity contribution in [3.63, 3.8) is 0 Å². The van der Waals surface area contributed by atoms with E-state index in [1.807, 2.05) is 6.92 Å². The molecular formula is C12H16N4OS2. The Morgan fingerprint density at radius 1 is 1.63 bits per heavy atom. The van der Waals surface area contributed by atoms with Crippen molar-refractivity contribution in [1.29, 1.82) is 0 Å². The standard InChI is InChI=1S/C12H16N4OS2/c1-3-18-6-7(2)15-11(17)10-9(13)8-4-5-14-16-12(8)19-10/h4-5,7H,3,6,13H2,1-2H3,(H,15,17). The van der Waals surface area contributed by atoms with Gasteiger partial charge in [-0.05, 0) is 18.7 Å². The first-order valence-corrected chi connectivity index (χ1v) is 7.98. The predicted molar refractivity (Wildman–Crippen MR) is 81.8 cm³/mol. The van der Waals surface area contributed by atoms with E-state index in [1.54, 1.807) is 24.0 Å². The zero-order chi connectivity index (χ0) is 13.8. The molecule has 5 nitrogen and oxygen atoms in total. The number of carbonyl (C=O) groups excluding carboxylic acids is 1. The third-order valence-corrected chi connectivity index (χ3v) is 4.82. The molecule has 0 fully saturated rings. The van der Waals surface area contributed by atoms with E-state index in [1.165, 1.54) is 11.3 Å². The minimum absolute atomic E-state index is 0.119. The summed E-state index contributed by atoms with van der Waals surface area (Å²) in [6.45, 7) is 4.09. The Labute approximate surface area is 120 Å². The van der Waals surface area contributed by atoms with E-state index in [9.17, 15) is 4.79 Å². The van der Waals surface area contributed by atoms with Crippen LogP contribution < -0.4 is 11.1 Å². The van der Waals surface area contributed by atoms with Crippen LogP contribution in [0.15, 0.2) is 12.3 Å². The topological polar surface area (TPSA) is 80.9 Å². The van der Waals surface area contributed by atoms with E-state index in [4.69, 9.17) is 5.73 Å². The number of hydrogen-bond acceptors (Lipinski definition) is 6. The molecule has 7 heteroatoms. The summed E-state index contributed by atoms with van der Waals surface area (Å²) >= 11 is 3.08. The van der Waals surface area contributed by atoms with Gasteiger partial charge in [0.1, 0.15) is 9.71 Å². The van der Waals surface area contributed by atoms with Gasteiger partial charge in [-0.3, -0.25) is 4.79 Å². The van der Waals surface area contributed by atoms with E-state index in [2.05, 4.69) is 22.4 Å². The summed E-state index contributed by atoms with van der Waals surface area (Å²) in [4.78, 5) is 13.4. The van der Waals surface area contributed by atoms with Crippen molar-refractivity contribution >= 4 is 44.9 Å². The number of amides is 1. The van der Waals surface area contributed by atoms with E-state index < -0.39 is 0 Å². The zero-order valence-corrected chi connectivity index (χ0v) is 12.5. The van der Waals surface area contributed by atoms with Crippen molar-refractivity contribution in [2.24, 2.45) is 0 Å². The van der Waals surface area contributed by atoms with E-state index in [-0.39, 0.29) is 11.9 Å². The molecule has 2 aromatic heterocycles. The maximum absolute atomic E-state index is 12.2. The maximum atomic E-state index is 12.2. The van der Waals surface area contributed by atoms with Gasteiger partial charge in [0.05, 0.1) is 11.9 Å². The molecule has 102 valence electrons. The van der Waals surface area contributed by atoms with Crippen molar-refractivity contribution < 1.29 is 4.79 Å². The lowest BCUT2D eigenvalue weighted by molar-refractivity contribution is 0.0948. The van der Waals surface area contributed by atoms with E-state index >= 15 is 0 Å². The summed E-state index contributed by atoms with van der Waals surface area (Å²) in [7, 11) is 0. The quantitative estimate of drug-likeness (QED) is 0.883. The van der Waals surface area contributed by atoms with Gasteiger partial charge >= 0.3 is 0 Å².